The van der Waals surface area contributed by atoms with Gasteiger partial charge in [0.05, 0.1) is 16.2 Å². The van der Waals surface area contributed by atoms with Gasteiger partial charge in [0.25, 0.3) is 5.91 Å². The van der Waals surface area contributed by atoms with Crippen LogP contribution in [0.2, 0.25) is 0 Å². The summed E-state index contributed by atoms with van der Waals surface area (Å²) in [5.41, 5.74) is 3.69. The number of hydrogen-bond acceptors (Lipinski definition) is 5. The number of amides is 1. The molecule has 0 bridgehead atoms. The average molecular weight is 509 g/mol. The number of thioether (sulfide) groups is 1. The van der Waals surface area contributed by atoms with Gasteiger partial charge in [0.2, 0.25) is 0 Å². The standard InChI is InChI=1S/C30H24N2O4S/c1-20-11-13-22(14-12-20)31-30-32(18-17-21-7-3-2-4-8-21)28(33)27(37-30)19-23-15-16-26(36-23)24-9-5-6-10-25(24)29(34)35/h2-16,19H,17-18H2,1H3,(H,34,35)/b27-19+,31-30?. The quantitative estimate of drug-likeness (QED) is 0.278. The van der Waals surface area contributed by atoms with Crippen LogP contribution in [-0.2, 0) is 11.2 Å². The first kappa shape index (κ1) is 24.3. The predicted molar refractivity (Wildman–Crippen MR) is 147 cm³/mol. The number of furan rings is 1. The molecule has 5 rings (SSSR count). The summed E-state index contributed by atoms with van der Waals surface area (Å²) in [4.78, 5) is 32.0. The SMILES string of the molecule is Cc1ccc(N=C2S/C(=C/c3ccc(-c4ccccc4C(=O)O)o3)C(=O)N2CCc2ccccc2)cc1. The average Bonchev–Trinajstić information content (AvgIpc) is 3.49. The summed E-state index contributed by atoms with van der Waals surface area (Å²) in [6.07, 6.45) is 2.39. The Kier molecular flexibility index (Phi) is 7.05. The number of hydrogen-bond donors (Lipinski definition) is 1. The van der Waals surface area contributed by atoms with Gasteiger partial charge in [0, 0.05) is 18.2 Å². The molecule has 7 heteroatoms. The van der Waals surface area contributed by atoms with Crippen LogP contribution in [0.5, 0.6) is 0 Å². The van der Waals surface area contributed by atoms with Crippen molar-refractivity contribution in [1.82, 2.24) is 4.90 Å². The Morgan fingerprint density at radius 1 is 0.973 bits per heavy atom. The molecule has 37 heavy (non-hydrogen) atoms. The molecule has 0 saturated carbocycles. The summed E-state index contributed by atoms with van der Waals surface area (Å²) in [7, 11) is 0. The number of carboxylic acid groups (broad SMARTS) is 1. The smallest absolute Gasteiger partial charge is 0.336 e. The van der Waals surface area contributed by atoms with Crippen LogP contribution in [-0.4, -0.2) is 33.6 Å². The maximum atomic E-state index is 13.4. The molecular weight excluding hydrogens is 484 g/mol. The summed E-state index contributed by atoms with van der Waals surface area (Å²) in [6.45, 7) is 2.51. The van der Waals surface area contributed by atoms with Crippen molar-refractivity contribution in [2.45, 2.75) is 13.3 Å². The minimum atomic E-state index is -1.03. The van der Waals surface area contributed by atoms with Crippen molar-refractivity contribution >= 4 is 40.6 Å². The van der Waals surface area contributed by atoms with Crippen LogP contribution >= 0.6 is 11.8 Å². The minimum Gasteiger partial charge on any atom is -0.478 e. The van der Waals surface area contributed by atoms with Gasteiger partial charge in [-0.15, -0.1) is 0 Å². The lowest BCUT2D eigenvalue weighted by Crippen LogP contribution is -2.31. The fourth-order valence-electron chi connectivity index (χ4n) is 3.99. The van der Waals surface area contributed by atoms with E-state index in [2.05, 4.69) is 0 Å². The van der Waals surface area contributed by atoms with E-state index in [1.807, 2.05) is 61.5 Å². The highest BCUT2D eigenvalue weighted by Gasteiger charge is 2.33. The van der Waals surface area contributed by atoms with E-state index in [-0.39, 0.29) is 11.5 Å². The third-order valence-corrected chi connectivity index (χ3v) is 6.94. The molecule has 6 nitrogen and oxygen atoms in total. The van der Waals surface area contributed by atoms with Gasteiger partial charge in [-0.05, 0) is 61.0 Å². The molecule has 1 N–H and O–H groups in total. The minimum absolute atomic E-state index is 0.143. The topological polar surface area (TPSA) is 83.1 Å². The second-order valence-electron chi connectivity index (χ2n) is 8.59. The van der Waals surface area contributed by atoms with Gasteiger partial charge in [0.15, 0.2) is 5.17 Å². The van der Waals surface area contributed by atoms with E-state index in [9.17, 15) is 14.7 Å². The number of rotatable bonds is 7. The van der Waals surface area contributed by atoms with Crippen LogP contribution in [0.25, 0.3) is 17.4 Å². The zero-order chi connectivity index (χ0) is 25.8. The molecule has 1 aromatic heterocycles. The molecule has 0 spiro atoms. The number of amidine groups is 1. The molecule has 1 saturated heterocycles. The molecule has 0 unspecified atom stereocenters. The molecule has 0 atom stereocenters. The van der Waals surface area contributed by atoms with E-state index in [1.165, 1.54) is 17.8 Å². The Balaban J connectivity index is 1.44. The monoisotopic (exact) mass is 508 g/mol. The van der Waals surface area contributed by atoms with Crippen molar-refractivity contribution in [2.24, 2.45) is 4.99 Å². The first-order valence-corrected chi connectivity index (χ1v) is 12.6. The van der Waals surface area contributed by atoms with Crippen LogP contribution in [0, 0.1) is 6.92 Å². The Morgan fingerprint density at radius 2 is 1.70 bits per heavy atom. The number of carbonyl (C=O) groups is 2. The molecule has 0 aliphatic carbocycles. The molecule has 184 valence electrons. The van der Waals surface area contributed by atoms with Gasteiger partial charge in [0.1, 0.15) is 11.5 Å². The lowest BCUT2D eigenvalue weighted by molar-refractivity contribution is -0.122. The van der Waals surface area contributed by atoms with Gasteiger partial charge in [-0.2, -0.15) is 0 Å². The van der Waals surface area contributed by atoms with E-state index < -0.39 is 5.97 Å². The van der Waals surface area contributed by atoms with Crippen LogP contribution in [0.1, 0.15) is 27.2 Å². The molecule has 1 aliphatic rings. The number of aromatic carboxylic acids is 1. The summed E-state index contributed by atoms with van der Waals surface area (Å²) in [6, 6.07) is 28.0. The highest BCUT2D eigenvalue weighted by Crippen LogP contribution is 2.35. The molecule has 1 amide bonds. The molecule has 3 aromatic carbocycles. The van der Waals surface area contributed by atoms with Gasteiger partial charge in [-0.3, -0.25) is 9.69 Å². The lowest BCUT2D eigenvalue weighted by atomic mass is 10.1. The van der Waals surface area contributed by atoms with Crippen LogP contribution < -0.4 is 0 Å². The molecule has 1 fully saturated rings. The Labute approximate surface area is 219 Å². The molecule has 2 heterocycles. The predicted octanol–water partition coefficient (Wildman–Crippen LogP) is 6.80. The van der Waals surface area contributed by atoms with Crippen LogP contribution in [0.15, 0.2) is 105 Å². The molecular formula is C30H24N2O4S. The van der Waals surface area contributed by atoms with Gasteiger partial charge < -0.3 is 9.52 Å². The van der Waals surface area contributed by atoms with Crippen molar-refractivity contribution in [3.63, 3.8) is 0 Å². The van der Waals surface area contributed by atoms with Gasteiger partial charge >= 0.3 is 5.97 Å². The van der Waals surface area contributed by atoms with E-state index in [4.69, 9.17) is 9.41 Å². The normalized spacial score (nSPS) is 15.6. The van der Waals surface area contributed by atoms with E-state index >= 15 is 0 Å². The van der Waals surface area contributed by atoms with Crippen molar-refractivity contribution in [1.29, 1.82) is 0 Å². The van der Waals surface area contributed by atoms with E-state index in [0.29, 0.717) is 40.1 Å². The molecule has 0 radical (unpaired) electrons. The summed E-state index contributed by atoms with van der Waals surface area (Å²) < 4.78 is 5.94. The maximum absolute atomic E-state index is 13.4. The number of benzene rings is 3. The lowest BCUT2D eigenvalue weighted by Gasteiger charge is -2.15. The number of carbonyl (C=O) groups excluding carboxylic acids is 1. The second kappa shape index (κ2) is 10.7. The number of nitrogens with zero attached hydrogens (tertiary/aromatic N) is 2. The fourth-order valence-corrected chi connectivity index (χ4v) is 5.00. The molecule has 4 aromatic rings. The van der Waals surface area contributed by atoms with E-state index in [0.717, 1.165) is 16.8 Å². The van der Waals surface area contributed by atoms with Crippen molar-refractivity contribution in [2.75, 3.05) is 6.54 Å². The number of aryl methyl sites for hydroxylation is 1. The fraction of sp³-hybridized carbons (Fsp3) is 0.100. The Bertz CT molecular complexity index is 1500. The second-order valence-corrected chi connectivity index (χ2v) is 9.59. The maximum Gasteiger partial charge on any atom is 0.336 e. The highest BCUT2D eigenvalue weighted by atomic mass is 32.2. The summed E-state index contributed by atoms with van der Waals surface area (Å²) in [5, 5.41) is 10.1. The van der Waals surface area contributed by atoms with Crippen LogP contribution in [0.3, 0.4) is 0 Å². The highest BCUT2D eigenvalue weighted by molar-refractivity contribution is 8.18. The van der Waals surface area contributed by atoms with Gasteiger partial charge in [-0.1, -0.05) is 66.2 Å². The van der Waals surface area contributed by atoms with Crippen molar-refractivity contribution < 1.29 is 19.1 Å². The largest absolute Gasteiger partial charge is 0.478 e. The van der Waals surface area contributed by atoms with Crippen molar-refractivity contribution in [3.8, 4) is 11.3 Å². The van der Waals surface area contributed by atoms with E-state index in [1.54, 1.807) is 41.3 Å². The first-order valence-electron chi connectivity index (χ1n) is 11.8. The Morgan fingerprint density at radius 3 is 2.46 bits per heavy atom. The first-order chi connectivity index (χ1) is 18.0. The third kappa shape index (κ3) is 5.57. The number of carboxylic acids is 1. The van der Waals surface area contributed by atoms with Crippen LogP contribution in [0.4, 0.5) is 5.69 Å². The van der Waals surface area contributed by atoms with Crippen molar-refractivity contribution in [3.05, 3.63) is 118 Å². The summed E-state index contributed by atoms with van der Waals surface area (Å²) in [5.74, 6) is -0.282. The number of aliphatic imine (C=N–C) groups is 1. The zero-order valence-corrected chi connectivity index (χ0v) is 20.9. The summed E-state index contributed by atoms with van der Waals surface area (Å²) >= 11 is 1.30. The third-order valence-electron chi connectivity index (χ3n) is 5.94. The zero-order valence-electron chi connectivity index (χ0n) is 20.1. The molecule has 1 aliphatic heterocycles. The van der Waals surface area contributed by atoms with Gasteiger partial charge in [-0.25, -0.2) is 9.79 Å². The Hall–Kier alpha value is -4.36.